The van der Waals surface area contributed by atoms with Gasteiger partial charge in [0.15, 0.2) is 5.96 Å². The topological polar surface area (TPSA) is 44.9 Å². The number of rotatable bonds is 4. The van der Waals surface area contributed by atoms with Crippen LogP contribution in [0.1, 0.15) is 20.3 Å². The first-order valence-corrected chi connectivity index (χ1v) is 5.90. The van der Waals surface area contributed by atoms with Crippen molar-refractivity contribution in [2.45, 2.75) is 20.3 Å². The number of hydrogen-bond acceptors (Lipinski definition) is 2. The van der Waals surface area contributed by atoms with Crippen molar-refractivity contribution in [3.63, 3.8) is 0 Å². The van der Waals surface area contributed by atoms with E-state index in [0.29, 0.717) is 11.9 Å². The molecule has 0 aromatic heterocycles. The van der Waals surface area contributed by atoms with Crippen molar-refractivity contribution in [2.24, 2.45) is 16.6 Å². The Morgan fingerprint density at radius 3 is 2.60 bits per heavy atom. The van der Waals surface area contributed by atoms with Gasteiger partial charge in [0.25, 0.3) is 0 Å². The number of aliphatic imine (C=N–C) groups is 1. The molecule has 1 heterocycles. The van der Waals surface area contributed by atoms with Crippen molar-refractivity contribution in [1.82, 2.24) is 9.80 Å². The van der Waals surface area contributed by atoms with Crippen molar-refractivity contribution in [1.29, 1.82) is 0 Å². The highest BCUT2D eigenvalue weighted by molar-refractivity contribution is 5.77. The van der Waals surface area contributed by atoms with Crippen molar-refractivity contribution in [3.8, 4) is 0 Å². The SMILES string of the molecule is CCN(CC)C(N)=NCC1CCN(C)C1. The van der Waals surface area contributed by atoms with Crippen LogP contribution in [-0.2, 0) is 0 Å². The lowest BCUT2D eigenvalue weighted by Crippen LogP contribution is -2.37. The lowest BCUT2D eigenvalue weighted by molar-refractivity contribution is 0.396. The summed E-state index contributed by atoms with van der Waals surface area (Å²) in [5, 5.41) is 0. The molecule has 1 unspecified atom stereocenters. The summed E-state index contributed by atoms with van der Waals surface area (Å²) < 4.78 is 0. The Kier molecular flexibility index (Phi) is 4.88. The Morgan fingerprint density at radius 1 is 1.47 bits per heavy atom. The van der Waals surface area contributed by atoms with E-state index in [4.69, 9.17) is 5.73 Å². The first kappa shape index (κ1) is 12.3. The van der Waals surface area contributed by atoms with Crippen LogP contribution in [0.3, 0.4) is 0 Å². The fourth-order valence-electron chi connectivity index (χ4n) is 2.05. The normalized spacial score (nSPS) is 23.4. The summed E-state index contributed by atoms with van der Waals surface area (Å²) >= 11 is 0. The molecule has 1 aliphatic rings. The Labute approximate surface area is 93.1 Å². The van der Waals surface area contributed by atoms with Crippen LogP contribution in [0.5, 0.6) is 0 Å². The Bertz CT molecular complexity index is 211. The van der Waals surface area contributed by atoms with Gasteiger partial charge in [-0.1, -0.05) is 0 Å². The average Bonchev–Trinajstić information content (AvgIpc) is 2.63. The van der Waals surface area contributed by atoms with E-state index >= 15 is 0 Å². The molecule has 0 aromatic carbocycles. The van der Waals surface area contributed by atoms with Gasteiger partial charge in [-0.05, 0) is 39.8 Å². The maximum absolute atomic E-state index is 5.91. The van der Waals surface area contributed by atoms with E-state index in [0.717, 1.165) is 26.2 Å². The summed E-state index contributed by atoms with van der Waals surface area (Å²) in [6, 6.07) is 0. The lowest BCUT2D eigenvalue weighted by Gasteiger charge is -2.19. The number of nitrogens with zero attached hydrogens (tertiary/aromatic N) is 3. The van der Waals surface area contributed by atoms with E-state index in [-0.39, 0.29) is 0 Å². The highest BCUT2D eigenvalue weighted by Crippen LogP contribution is 2.14. The minimum atomic E-state index is 0.698. The van der Waals surface area contributed by atoms with E-state index in [1.807, 2.05) is 0 Å². The van der Waals surface area contributed by atoms with Crippen molar-refractivity contribution < 1.29 is 0 Å². The summed E-state index contributed by atoms with van der Waals surface area (Å²) in [6.45, 7) is 9.34. The summed E-state index contributed by atoms with van der Waals surface area (Å²) in [4.78, 5) is 8.93. The van der Waals surface area contributed by atoms with Crippen LogP contribution in [0, 0.1) is 5.92 Å². The molecule has 88 valence electrons. The molecule has 0 saturated carbocycles. The molecule has 1 rings (SSSR count). The predicted octanol–water partition coefficient (Wildman–Crippen LogP) is 0.595. The summed E-state index contributed by atoms with van der Waals surface area (Å²) in [5.74, 6) is 1.40. The summed E-state index contributed by atoms with van der Waals surface area (Å²) in [6.07, 6.45) is 1.26. The molecule has 4 heteroatoms. The van der Waals surface area contributed by atoms with Gasteiger partial charge in [0, 0.05) is 26.2 Å². The second kappa shape index (κ2) is 5.95. The molecule has 1 atom stereocenters. The van der Waals surface area contributed by atoms with E-state index in [9.17, 15) is 0 Å². The van der Waals surface area contributed by atoms with Gasteiger partial charge in [-0.25, -0.2) is 0 Å². The van der Waals surface area contributed by atoms with Crippen molar-refractivity contribution in [3.05, 3.63) is 0 Å². The molecular formula is C11H24N4. The molecule has 4 nitrogen and oxygen atoms in total. The van der Waals surface area contributed by atoms with Gasteiger partial charge in [0.05, 0.1) is 0 Å². The summed E-state index contributed by atoms with van der Waals surface area (Å²) in [5.41, 5.74) is 5.91. The quantitative estimate of drug-likeness (QED) is 0.548. The van der Waals surface area contributed by atoms with E-state index in [1.165, 1.54) is 13.0 Å². The zero-order valence-corrected chi connectivity index (χ0v) is 10.2. The zero-order valence-electron chi connectivity index (χ0n) is 10.2. The second-order valence-corrected chi connectivity index (χ2v) is 4.29. The van der Waals surface area contributed by atoms with Crippen molar-refractivity contribution >= 4 is 5.96 Å². The molecule has 0 spiro atoms. The fraction of sp³-hybridized carbons (Fsp3) is 0.909. The van der Waals surface area contributed by atoms with E-state index < -0.39 is 0 Å². The van der Waals surface area contributed by atoms with Crippen LogP contribution >= 0.6 is 0 Å². The van der Waals surface area contributed by atoms with Gasteiger partial charge in [0.2, 0.25) is 0 Å². The number of guanidine groups is 1. The van der Waals surface area contributed by atoms with Gasteiger partial charge in [-0.15, -0.1) is 0 Å². The monoisotopic (exact) mass is 212 g/mol. The Morgan fingerprint density at radius 2 is 2.13 bits per heavy atom. The minimum Gasteiger partial charge on any atom is -0.370 e. The van der Waals surface area contributed by atoms with Gasteiger partial charge in [0.1, 0.15) is 0 Å². The van der Waals surface area contributed by atoms with Gasteiger partial charge in [-0.2, -0.15) is 0 Å². The molecule has 0 aliphatic carbocycles. The van der Waals surface area contributed by atoms with Gasteiger partial charge >= 0.3 is 0 Å². The molecule has 15 heavy (non-hydrogen) atoms. The van der Waals surface area contributed by atoms with E-state index in [2.05, 4.69) is 35.7 Å². The van der Waals surface area contributed by atoms with Crippen LogP contribution in [0.25, 0.3) is 0 Å². The third kappa shape index (κ3) is 3.70. The molecule has 0 aromatic rings. The van der Waals surface area contributed by atoms with Crippen LogP contribution in [0.15, 0.2) is 4.99 Å². The minimum absolute atomic E-state index is 0.698. The van der Waals surface area contributed by atoms with Crippen LogP contribution in [-0.4, -0.2) is 55.5 Å². The van der Waals surface area contributed by atoms with Crippen molar-refractivity contribution in [2.75, 3.05) is 39.8 Å². The predicted molar refractivity (Wildman–Crippen MR) is 65.0 cm³/mol. The molecular weight excluding hydrogens is 188 g/mol. The first-order valence-electron chi connectivity index (χ1n) is 5.90. The highest BCUT2D eigenvalue weighted by atomic mass is 15.2. The largest absolute Gasteiger partial charge is 0.370 e. The van der Waals surface area contributed by atoms with Crippen LogP contribution in [0.4, 0.5) is 0 Å². The molecule has 2 N–H and O–H groups in total. The lowest BCUT2D eigenvalue weighted by atomic mass is 10.1. The maximum Gasteiger partial charge on any atom is 0.191 e. The molecule has 1 fully saturated rings. The molecule has 0 bridgehead atoms. The third-order valence-corrected chi connectivity index (χ3v) is 3.09. The Hall–Kier alpha value is -0.770. The van der Waals surface area contributed by atoms with Gasteiger partial charge in [-0.3, -0.25) is 4.99 Å². The third-order valence-electron chi connectivity index (χ3n) is 3.09. The fourth-order valence-corrected chi connectivity index (χ4v) is 2.05. The second-order valence-electron chi connectivity index (χ2n) is 4.29. The van der Waals surface area contributed by atoms with E-state index in [1.54, 1.807) is 0 Å². The molecule has 0 radical (unpaired) electrons. The first-order chi connectivity index (χ1) is 7.17. The number of hydrogen-bond donors (Lipinski definition) is 1. The highest BCUT2D eigenvalue weighted by Gasteiger charge is 2.18. The molecule has 0 amide bonds. The number of nitrogens with two attached hydrogens (primary N) is 1. The zero-order chi connectivity index (χ0) is 11.3. The number of likely N-dealkylation sites (tertiary alicyclic amines) is 1. The van der Waals surface area contributed by atoms with Gasteiger partial charge < -0.3 is 15.5 Å². The van der Waals surface area contributed by atoms with Crippen LogP contribution in [0.2, 0.25) is 0 Å². The average molecular weight is 212 g/mol. The maximum atomic E-state index is 5.91. The standard InChI is InChI=1S/C11H24N4/c1-4-15(5-2)11(12)13-8-10-6-7-14(3)9-10/h10H,4-9H2,1-3H3,(H2,12,13). The summed E-state index contributed by atoms with van der Waals surface area (Å²) in [7, 11) is 2.16. The molecule has 1 aliphatic heterocycles. The molecule has 1 saturated heterocycles. The smallest absolute Gasteiger partial charge is 0.191 e. The Balaban J connectivity index is 2.36. The van der Waals surface area contributed by atoms with Crippen LogP contribution < -0.4 is 5.73 Å².